The van der Waals surface area contributed by atoms with Gasteiger partial charge in [-0.3, -0.25) is 4.79 Å². The van der Waals surface area contributed by atoms with Crippen molar-refractivity contribution in [2.75, 3.05) is 7.11 Å². The summed E-state index contributed by atoms with van der Waals surface area (Å²) < 4.78 is 62.4. The van der Waals surface area contributed by atoms with Gasteiger partial charge in [-0.15, -0.1) is 0 Å². The molecule has 1 heterocycles. The second-order valence-corrected chi connectivity index (χ2v) is 9.24. The first kappa shape index (κ1) is 25.8. The summed E-state index contributed by atoms with van der Waals surface area (Å²) in [5, 5.41) is -0.168. The zero-order valence-corrected chi connectivity index (χ0v) is 20.4. The smallest absolute Gasteiger partial charge is 0.453 e. The number of hydrogen-bond donors (Lipinski definition) is 0. The van der Waals surface area contributed by atoms with Gasteiger partial charge >= 0.3 is 12.1 Å². The minimum Gasteiger partial charge on any atom is -0.497 e. The summed E-state index contributed by atoms with van der Waals surface area (Å²) in [5.41, 5.74) is -0.460. The summed E-state index contributed by atoms with van der Waals surface area (Å²) in [6, 6.07) is 16.0. The standard InChI is InChI=1S/C28H23F3O6/c1-27(2,3)17-7-11-19(12-8-17)35-24-23(32)21-14-13-20(15-22(21)37-25(24)28(29,30)31)36-26(33)16-5-9-18(34-4)10-6-16/h5-15H,1-4H3. The molecular weight excluding hydrogens is 489 g/mol. The lowest BCUT2D eigenvalue weighted by Gasteiger charge is -2.19. The molecule has 1 aromatic heterocycles. The Hall–Kier alpha value is -4.27. The Morgan fingerprint density at radius 3 is 2.00 bits per heavy atom. The van der Waals surface area contributed by atoms with E-state index in [0.29, 0.717) is 5.75 Å². The van der Waals surface area contributed by atoms with Crippen molar-refractivity contribution in [3.8, 4) is 23.0 Å². The maximum Gasteiger partial charge on any atom is 0.453 e. The number of fused-ring (bicyclic) bond motifs is 1. The molecule has 0 saturated heterocycles. The lowest BCUT2D eigenvalue weighted by atomic mass is 9.87. The van der Waals surface area contributed by atoms with Gasteiger partial charge in [0.15, 0.2) is 0 Å². The molecular formula is C28H23F3O6. The van der Waals surface area contributed by atoms with E-state index in [2.05, 4.69) is 0 Å². The molecule has 0 aliphatic carbocycles. The van der Waals surface area contributed by atoms with E-state index in [-0.39, 0.29) is 27.9 Å². The van der Waals surface area contributed by atoms with Gasteiger partial charge in [0.25, 0.3) is 5.76 Å². The van der Waals surface area contributed by atoms with Crippen LogP contribution in [-0.4, -0.2) is 13.1 Å². The lowest BCUT2D eigenvalue weighted by molar-refractivity contribution is -0.154. The van der Waals surface area contributed by atoms with E-state index in [0.717, 1.165) is 11.6 Å². The first-order valence-corrected chi connectivity index (χ1v) is 11.2. The van der Waals surface area contributed by atoms with Crippen LogP contribution < -0.4 is 19.6 Å². The highest BCUT2D eigenvalue weighted by atomic mass is 19.4. The predicted octanol–water partition coefficient (Wildman–Crippen LogP) is 7.13. The molecule has 0 atom stereocenters. The van der Waals surface area contributed by atoms with Crippen LogP contribution in [0.5, 0.6) is 23.0 Å². The molecule has 0 aliphatic heterocycles. The molecule has 6 nitrogen and oxygen atoms in total. The molecule has 0 radical (unpaired) electrons. The third kappa shape index (κ3) is 5.61. The summed E-state index contributed by atoms with van der Waals surface area (Å²) in [6.45, 7) is 5.97. The van der Waals surface area contributed by atoms with Gasteiger partial charge in [0, 0.05) is 6.07 Å². The van der Waals surface area contributed by atoms with Crippen molar-refractivity contribution in [2.24, 2.45) is 0 Å². The topological polar surface area (TPSA) is 75.0 Å². The van der Waals surface area contributed by atoms with Crippen molar-refractivity contribution in [3.05, 3.63) is 93.8 Å². The van der Waals surface area contributed by atoms with Gasteiger partial charge in [-0.25, -0.2) is 4.79 Å². The molecule has 9 heteroatoms. The number of methoxy groups -OCH3 is 1. The Bertz CT molecular complexity index is 1500. The number of ether oxygens (including phenoxy) is 3. The second-order valence-electron chi connectivity index (χ2n) is 9.24. The first-order chi connectivity index (χ1) is 17.4. The first-order valence-electron chi connectivity index (χ1n) is 11.2. The summed E-state index contributed by atoms with van der Waals surface area (Å²) in [5.74, 6) is -2.84. The van der Waals surface area contributed by atoms with Gasteiger partial charge in [-0.2, -0.15) is 13.2 Å². The number of carbonyl (C=O) groups is 1. The van der Waals surface area contributed by atoms with Crippen molar-refractivity contribution >= 4 is 16.9 Å². The molecule has 0 saturated carbocycles. The number of esters is 1. The minimum absolute atomic E-state index is 0.0511. The van der Waals surface area contributed by atoms with Gasteiger partial charge in [0.05, 0.1) is 18.1 Å². The van der Waals surface area contributed by atoms with E-state index in [1.54, 1.807) is 24.3 Å². The van der Waals surface area contributed by atoms with Crippen LogP contribution in [0.2, 0.25) is 0 Å². The summed E-state index contributed by atoms with van der Waals surface area (Å²) in [7, 11) is 1.48. The fraction of sp³-hybridized carbons (Fsp3) is 0.214. The Labute approximate surface area is 210 Å². The number of hydrogen-bond acceptors (Lipinski definition) is 6. The van der Waals surface area contributed by atoms with Crippen molar-refractivity contribution in [1.29, 1.82) is 0 Å². The average Bonchev–Trinajstić information content (AvgIpc) is 2.84. The summed E-state index contributed by atoms with van der Waals surface area (Å²) >= 11 is 0. The molecule has 4 rings (SSSR count). The van der Waals surface area contributed by atoms with Crippen LogP contribution in [0.3, 0.4) is 0 Å². The largest absolute Gasteiger partial charge is 0.497 e. The molecule has 3 aromatic carbocycles. The van der Waals surface area contributed by atoms with Gasteiger partial charge in [0.2, 0.25) is 11.2 Å². The van der Waals surface area contributed by atoms with E-state index in [9.17, 15) is 22.8 Å². The van der Waals surface area contributed by atoms with E-state index < -0.39 is 34.7 Å². The number of rotatable bonds is 5. The zero-order chi connectivity index (χ0) is 27.0. The van der Waals surface area contributed by atoms with Gasteiger partial charge in [-0.1, -0.05) is 32.9 Å². The Balaban J connectivity index is 1.69. The van der Waals surface area contributed by atoms with Crippen LogP contribution in [-0.2, 0) is 11.6 Å². The molecule has 37 heavy (non-hydrogen) atoms. The SMILES string of the molecule is COc1ccc(C(=O)Oc2ccc3c(=O)c(Oc4ccc(C(C)(C)C)cc4)c(C(F)(F)F)oc3c2)cc1. The average molecular weight is 512 g/mol. The molecule has 0 fully saturated rings. The third-order valence-corrected chi connectivity index (χ3v) is 5.56. The van der Waals surface area contributed by atoms with Crippen molar-refractivity contribution in [1.82, 2.24) is 0 Å². The number of benzene rings is 3. The normalized spacial score (nSPS) is 11.9. The van der Waals surface area contributed by atoms with Crippen molar-refractivity contribution in [3.63, 3.8) is 0 Å². The maximum atomic E-state index is 13.9. The van der Waals surface area contributed by atoms with Crippen molar-refractivity contribution in [2.45, 2.75) is 32.4 Å². The van der Waals surface area contributed by atoms with Crippen LogP contribution in [0, 0.1) is 0 Å². The van der Waals surface area contributed by atoms with Crippen LogP contribution in [0.4, 0.5) is 13.2 Å². The number of carbonyl (C=O) groups excluding carboxylic acids is 1. The Morgan fingerprint density at radius 2 is 1.43 bits per heavy atom. The highest BCUT2D eigenvalue weighted by molar-refractivity contribution is 5.91. The molecule has 192 valence electrons. The van der Waals surface area contributed by atoms with E-state index in [1.807, 2.05) is 20.8 Å². The lowest BCUT2D eigenvalue weighted by Crippen LogP contribution is -2.16. The van der Waals surface area contributed by atoms with Crippen molar-refractivity contribution < 1.29 is 36.6 Å². The number of halogens is 3. The second kappa shape index (κ2) is 9.65. The van der Waals surface area contributed by atoms with E-state index in [4.69, 9.17) is 18.6 Å². The molecule has 0 aliphatic rings. The van der Waals surface area contributed by atoms with Gasteiger partial charge in [-0.05, 0) is 59.5 Å². The monoisotopic (exact) mass is 512 g/mol. The quantitative estimate of drug-likeness (QED) is 0.209. The zero-order valence-electron chi connectivity index (χ0n) is 20.4. The molecule has 0 bridgehead atoms. The maximum absolute atomic E-state index is 13.9. The third-order valence-electron chi connectivity index (χ3n) is 5.56. The van der Waals surface area contributed by atoms with Gasteiger partial charge < -0.3 is 18.6 Å². The van der Waals surface area contributed by atoms with Gasteiger partial charge in [0.1, 0.15) is 22.8 Å². The molecule has 0 spiro atoms. The van der Waals surface area contributed by atoms with E-state index in [1.165, 1.54) is 43.5 Å². The summed E-state index contributed by atoms with van der Waals surface area (Å²) in [4.78, 5) is 25.5. The highest BCUT2D eigenvalue weighted by Crippen LogP contribution is 2.39. The molecule has 0 N–H and O–H groups in total. The molecule has 0 unspecified atom stereocenters. The van der Waals surface area contributed by atoms with E-state index >= 15 is 0 Å². The highest BCUT2D eigenvalue weighted by Gasteiger charge is 2.40. The Morgan fingerprint density at radius 1 is 0.838 bits per heavy atom. The fourth-order valence-electron chi connectivity index (χ4n) is 3.53. The molecule has 0 amide bonds. The minimum atomic E-state index is -5.02. The van der Waals surface area contributed by atoms with Crippen LogP contribution in [0.25, 0.3) is 11.0 Å². The van der Waals surface area contributed by atoms with Crippen LogP contribution >= 0.6 is 0 Å². The molecule has 4 aromatic rings. The van der Waals surface area contributed by atoms with Crippen LogP contribution in [0.15, 0.2) is 75.9 Å². The summed E-state index contributed by atoms with van der Waals surface area (Å²) in [6.07, 6.45) is -5.02. The fourth-order valence-corrected chi connectivity index (χ4v) is 3.53. The number of alkyl halides is 3. The Kier molecular flexibility index (Phi) is 6.73. The van der Waals surface area contributed by atoms with Crippen LogP contribution in [0.1, 0.15) is 42.5 Å². The predicted molar refractivity (Wildman–Crippen MR) is 131 cm³/mol.